The largest absolute Gasteiger partial charge is 0.466 e. The van der Waals surface area contributed by atoms with E-state index in [0.717, 1.165) is 38.5 Å². The van der Waals surface area contributed by atoms with Crippen LogP contribution < -0.4 is 0 Å². The third kappa shape index (κ3) is 20.3. The van der Waals surface area contributed by atoms with E-state index >= 15 is 0 Å². The number of hydrogen-bond acceptors (Lipinski definition) is 5. The number of allylic oxidation sites excluding steroid dienone is 4. The molecule has 36 heavy (non-hydrogen) atoms. The summed E-state index contributed by atoms with van der Waals surface area (Å²) >= 11 is 0. The van der Waals surface area contributed by atoms with Crippen LogP contribution >= 0.6 is 0 Å². The van der Waals surface area contributed by atoms with Gasteiger partial charge in [-0.05, 0) is 25.8 Å². The van der Waals surface area contributed by atoms with Crippen molar-refractivity contribution in [1.82, 2.24) is 0 Å². The van der Waals surface area contributed by atoms with Crippen molar-refractivity contribution in [3.63, 3.8) is 0 Å². The van der Waals surface area contributed by atoms with Crippen molar-refractivity contribution in [2.75, 3.05) is 6.61 Å². The number of hydrogen-bond donors (Lipinski definition) is 0. The summed E-state index contributed by atoms with van der Waals surface area (Å²) in [7, 11) is 0. The molecule has 0 aliphatic heterocycles. The van der Waals surface area contributed by atoms with Crippen LogP contribution in [0.4, 0.5) is 0 Å². The predicted octanol–water partition coefficient (Wildman–Crippen LogP) is 8.45. The van der Waals surface area contributed by atoms with Gasteiger partial charge >= 0.3 is 11.9 Å². The molecule has 0 aliphatic carbocycles. The molecular formula is C31H54O5. The molecular weight excluding hydrogens is 452 g/mol. The van der Waals surface area contributed by atoms with E-state index < -0.39 is 12.0 Å². The molecule has 0 spiro atoms. The zero-order valence-corrected chi connectivity index (χ0v) is 23.7. The Morgan fingerprint density at radius 3 is 1.72 bits per heavy atom. The Morgan fingerprint density at radius 2 is 1.19 bits per heavy atom. The Morgan fingerprint density at radius 1 is 0.694 bits per heavy atom. The zero-order valence-electron chi connectivity index (χ0n) is 23.7. The van der Waals surface area contributed by atoms with Gasteiger partial charge in [0.2, 0.25) is 0 Å². The molecule has 0 fully saturated rings. The highest BCUT2D eigenvalue weighted by Gasteiger charge is 2.26. The molecule has 208 valence electrons. The number of unbranched alkanes of at least 4 members (excludes halogenated alkanes) is 12. The van der Waals surface area contributed by atoms with Crippen LogP contribution in [-0.2, 0) is 23.9 Å². The number of esters is 2. The summed E-state index contributed by atoms with van der Waals surface area (Å²) < 4.78 is 11.1. The highest BCUT2D eigenvalue weighted by Crippen LogP contribution is 2.17. The van der Waals surface area contributed by atoms with Crippen molar-refractivity contribution in [3.8, 4) is 0 Å². The lowest BCUT2D eigenvalue weighted by molar-refractivity contribution is -0.155. The van der Waals surface area contributed by atoms with E-state index in [1.165, 1.54) is 57.4 Å². The van der Waals surface area contributed by atoms with Crippen LogP contribution in [0.3, 0.4) is 0 Å². The Hall–Kier alpha value is -1.91. The van der Waals surface area contributed by atoms with Crippen molar-refractivity contribution in [1.29, 1.82) is 0 Å². The quantitative estimate of drug-likeness (QED) is 0.0568. The second kappa shape index (κ2) is 24.8. The first-order valence-electron chi connectivity index (χ1n) is 14.6. The van der Waals surface area contributed by atoms with E-state index in [-0.39, 0.29) is 24.3 Å². The molecule has 0 rings (SSSR count). The first-order chi connectivity index (χ1) is 17.5. The monoisotopic (exact) mass is 506 g/mol. The summed E-state index contributed by atoms with van der Waals surface area (Å²) in [5, 5.41) is 0. The first kappa shape index (κ1) is 34.1. The molecule has 0 aromatic heterocycles. The number of ketones is 1. The third-order valence-electron chi connectivity index (χ3n) is 6.49. The Bertz CT molecular complexity index is 622. The fourth-order valence-corrected chi connectivity index (χ4v) is 4.05. The molecule has 0 aliphatic rings. The van der Waals surface area contributed by atoms with Gasteiger partial charge in [-0.15, -0.1) is 0 Å². The highest BCUT2D eigenvalue weighted by molar-refractivity contribution is 5.92. The van der Waals surface area contributed by atoms with Crippen molar-refractivity contribution < 1.29 is 23.9 Å². The average molecular weight is 507 g/mol. The maximum atomic E-state index is 12.6. The molecule has 0 amide bonds. The van der Waals surface area contributed by atoms with Gasteiger partial charge in [0, 0.05) is 19.3 Å². The summed E-state index contributed by atoms with van der Waals surface area (Å²) in [6.45, 7) is 8.21. The molecule has 0 bridgehead atoms. The summed E-state index contributed by atoms with van der Waals surface area (Å²) in [5.74, 6) is -1.09. The second-order valence-corrected chi connectivity index (χ2v) is 9.86. The van der Waals surface area contributed by atoms with E-state index in [1.54, 1.807) is 19.1 Å². The summed E-state index contributed by atoms with van der Waals surface area (Å²) in [6, 6.07) is 0. The fraction of sp³-hybridized carbons (Fsp3) is 0.774. The van der Waals surface area contributed by atoms with Gasteiger partial charge in [-0.1, -0.05) is 116 Å². The van der Waals surface area contributed by atoms with Gasteiger partial charge in [0.25, 0.3) is 0 Å². The molecule has 5 nitrogen and oxygen atoms in total. The lowest BCUT2D eigenvalue weighted by Crippen LogP contribution is -2.31. The van der Waals surface area contributed by atoms with Gasteiger partial charge in [0.15, 0.2) is 5.78 Å². The van der Waals surface area contributed by atoms with Gasteiger partial charge in [-0.25, -0.2) is 0 Å². The third-order valence-corrected chi connectivity index (χ3v) is 6.49. The first-order valence-corrected chi connectivity index (χ1v) is 14.6. The molecule has 0 N–H and O–H groups in total. The van der Waals surface area contributed by atoms with Crippen molar-refractivity contribution in [2.24, 2.45) is 5.92 Å². The van der Waals surface area contributed by atoms with Crippen LogP contribution in [0.25, 0.3) is 0 Å². The molecule has 0 saturated carbocycles. The topological polar surface area (TPSA) is 69.7 Å². The molecule has 2 atom stereocenters. The Labute approximate surface area is 221 Å². The lowest BCUT2D eigenvalue weighted by atomic mass is 9.96. The summed E-state index contributed by atoms with van der Waals surface area (Å²) in [4.78, 5) is 37.2. The Balaban J connectivity index is 4.52. The second-order valence-electron chi connectivity index (χ2n) is 9.86. The smallest absolute Gasteiger partial charge is 0.306 e. The minimum Gasteiger partial charge on any atom is -0.466 e. The van der Waals surface area contributed by atoms with Gasteiger partial charge in [-0.3, -0.25) is 14.4 Å². The molecule has 0 radical (unpaired) electrons. The van der Waals surface area contributed by atoms with Gasteiger partial charge in [0.05, 0.1) is 12.5 Å². The van der Waals surface area contributed by atoms with E-state index in [4.69, 9.17) is 9.47 Å². The van der Waals surface area contributed by atoms with E-state index in [0.29, 0.717) is 19.3 Å². The van der Waals surface area contributed by atoms with Crippen molar-refractivity contribution >= 4 is 17.7 Å². The highest BCUT2D eigenvalue weighted by atomic mass is 16.6. The number of rotatable bonds is 24. The minimum atomic E-state index is -0.601. The van der Waals surface area contributed by atoms with Gasteiger partial charge < -0.3 is 9.47 Å². The normalized spacial score (nSPS) is 13.2. The van der Waals surface area contributed by atoms with Gasteiger partial charge in [-0.2, -0.15) is 0 Å². The van der Waals surface area contributed by atoms with Gasteiger partial charge in [0.1, 0.15) is 6.10 Å². The fourth-order valence-electron chi connectivity index (χ4n) is 4.05. The maximum Gasteiger partial charge on any atom is 0.306 e. The summed E-state index contributed by atoms with van der Waals surface area (Å²) in [5.41, 5.74) is 0. The number of ether oxygens (including phenoxy) is 2. The van der Waals surface area contributed by atoms with Crippen LogP contribution in [0.1, 0.15) is 137 Å². The minimum absolute atomic E-state index is 0.101. The predicted molar refractivity (Wildman–Crippen MR) is 149 cm³/mol. The molecule has 0 aromatic rings. The van der Waals surface area contributed by atoms with Crippen molar-refractivity contribution in [2.45, 2.75) is 143 Å². The molecule has 5 heteroatoms. The van der Waals surface area contributed by atoms with E-state index in [1.807, 2.05) is 13.0 Å². The molecule has 2 unspecified atom stereocenters. The van der Waals surface area contributed by atoms with Crippen molar-refractivity contribution in [3.05, 3.63) is 24.3 Å². The zero-order chi connectivity index (χ0) is 26.9. The average Bonchev–Trinajstić information content (AvgIpc) is 2.86. The van der Waals surface area contributed by atoms with Crippen LogP contribution in [-0.4, -0.2) is 30.4 Å². The molecule has 0 saturated heterocycles. The van der Waals surface area contributed by atoms with E-state index in [9.17, 15) is 14.4 Å². The van der Waals surface area contributed by atoms with Crippen LogP contribution in [0, 0.1) is 5.92 Å². The maximum absolute atomic E-state index is 12.6. The van der Waals surface area contributed by atoms with Crippen LogP contribution in [0.5, 0.6) is 0 Å². The summed E-state index contributed by atoms with van der Waals surface area (Å²) in [6.07, 6.45) is 23.3. The van der Waals surface area contributed by atoms with Crippen LogP contribution in [0.15, 0.2) is 24.3 Å². The lowest BCUT2D eigenvalue weighted by Gasteiger charge is -2.22. The van der Waals surface area contributed by atoms with E-state index in [2.05, 4.69) is 13.8 Å². The standard InChI is InChI=1S/C31H54O5/c1-5-8-11-13-15-17-20-23-30(33)35-26-25-29(27(4)28(32)22-19-10-7-3)36-31(34)24-21-18-16-14-12-9-6-2/h7,10,19,22,27,29H,5-6,8-9,11-18,20-21,23-26H2,1-4H3/b10-7+,22-19+. The molecule has 0 heterocycles. The molecule has 0 aromatic carbocycles. The van der Waals surface area contributed by atoms with Crippen LogP contribution in [0.2, 0.25) is 0 Å². The number of carbonyl (C=O) groups excluding carboxylic acids is 3. The number of carbonyl (C=O) groups is 3. The SMILES string of the molecule is C/C=C/C=C/C(=O)C(C)C(CCOC(=O)CCCCCCCCC)OC(=O)CCCCCCCCC. The Kier molecular flexibility index (Phi) is 23.5.